The van der Waals surface area contributed by atoms with E-state index < -0.39 is 11.8 Å². The van der Waals surface area contributed by atoms with Crippen LogP contribution in [0.1, 0.15) is 18.1 Å². The third kappa shape index (κ3) is 6.04. The lowest BCUT2D eigenvalue weighted by Crippen LogP contribution is -2.54. The molecule has 3 aromatic rings. The number of hydrogen-bond donors (Lipinski definition) is 1. The molecule has 0 radical (unpaired) electrons. The van der Waals surface area contributed by atoms with Crippen molar-refractivity contribution >= 4 is 98.9 Å². The first-order chi connectivity index (χ1) is 18.1. The number of benzene rings is 3. The Bertz CT molecular complexity index is 1490. The van der Waals surface area contributed by atoms with E-state index in [2.05, 4.69) is 5.32 Å². The van der Waals surface area contributed by atoms with E-state index >= 15 is 0 Å². The molecule has 0 unspecified atom stereocenters. The topological polar surface area (TPSA) is 67.9 Å². The fourth-order valence-corrected chi connectivity index (χ4v) is 4.96. The predicted octanol–water partition coefficient (Wildman–Crippen LogP) is 7.76. The van der Waals surface area contributed by atoms with Crippen molar-refractivity contribution in [2.45, 2.75) is 13.5 Å². The van der Waals surface area contributed by atoms with Gasteiger partial charge in [0.15, 0.2) is 16.6 Å². The van der Waals surface area contributed by atoms with Crippen LogP contribution in [-0.4, -0.2) is 23.5 Å². The first-order valence-electron chi connectivity index (χ1n) is 11.0. The van der Waals surface area contributed by atoms with Crippen LogP contribution in [-0.2, 0) is 16.2 Å². The number of nitrogens with one attached hydrogen (secondary N) is 1. The van der Waals surface area contributed by atoms with Crippen LogP contribution >= 0.6 is 70.2 Å². The average Bonchev–Trinajstić information content (AvgIpc) is 2.85. The van der Waals surface area contributed by atoms with E-state index in [1.54, 1.807) is 55.5 Å². The zero-order valence-electron chi connectivity index (χ0n) is 19.5. The summed E-state index contributed by atoms with van der Waals surface area (Å²) in [6.45, 7) is 2.21. The third-order valence-electron chi connectivity index (χ3n) is 5.30. The summed E-state index contributed by atoms with van der Waals surface area (Å²) in [4.78, 5) is 27.2. The maximum Gasteiger partial charge on any atom is 0.270 e. The van der Waals surface area contributed by atoms with E-state index in [0.29, 0.717) is 33.5 Å². The molecular weight excluding hydrogens is 614 g/mol. The molecule has 0 saturated carbocycles. The molecule has 38 heavy (non-hydrogen) atoms. The molecule has 6 nitrogen and oxygen atoms in total. The molecule has 1 aliphatic heterocycles. The molecule has 196 valence electrons. The minimum atomic E-state index is -0.685. The number of carbonyl (C=O) groups is 2. The third-order valence-corrected chi connectivity index (χ3v) is 7.26. The van der Waals surface area contributed by atoms with E-state index in [1.165, 1.54) is 6.08 Å². The van der Waals surface area contributed by atoms with Gasteiger partial charge in [-0.1, -0.05) is 70.1 Å². The number of rotatable bonds is 7. The molecule has 1 fully saturated rings. The maximum atomic E-state index is 13.4. The summed E-state index contributed by atoms with van der Waals surface area (Å²) < 4.78 is 11.7. The van der Waals surface area contributed by atoms with Crippen LogP contribution in [0.2, 0.25) is 25.1 Å². The zero-order chi connectivity index (χ0) is 27.6. The molecule has 4 rings (SSSR count). The van der Waals surface area contributed by atoms with Crippen molar-refractivity contribution in [1.82, 2.24) is 5.32 Å². The number of anilines is 1. The largest absolute Gasteiger partial charge is 0.490 e. The molecule has 3 aromatic carbocycles. The number of carbonyl (C=O) groups excluding carboxylic acids is 2. The minimum Gasteiger partial charge on any atom is -0.490 e. The number of thiocarbonyl (C=S) groups is 1. The van der Waals surface area contributed by atoms with E-state index in [1.807, 2.05) is 0 Å². The summed E-state index contributed by atoms with van der Waals surface area (Å²) in [5.74, 6) is -0.781. The van der Waals surface area contributed by atoms with Crippen molar-refractivity contribution in [2.75, 3.05) is 11.5 Å². The van der Waals surface area contributed by atoms with Crippen LogP contribution in [0.5, 0.6) is 11.5 Å². The average molecular weight is 631 g/mol. The highest BCUT2D eigenvalue weighted by Gasteiger charge is 2.35. The Labute approximate surface area is 249 Å². The summed E-state index contributed by atoms with van der Waals surface area (Å²) in [5, 5.41) is 3.86. The number of halogens is 5. The molecule has 1 heterocycles. The van der Waals surface area contributed by atoms with Crippen LogP contribution in [0.15, 0.2) is 54.1 Å². The van der Waals surface area contributed by atoms with E-state index in [0.717, 1.165) is 4.90 Å². The SMILES string of the molecule is CCOc1cc(/C=C2\C(=O)NC(=S)N(c3cccc(Cl)c3Cl)C2=O)cc(Cl)c1OCc1ccc(Cl)cc1Cl. The second-order valence-corrected chi connectivity index (χ2v) is 10.2. The fraction of sp³-hybridized carbons (Fsp3) is 0.115. The highest BCUT2D eigenvalue weighted by molar-refractivity contribution is 7.80. The van der Waals surface area contributed by atoms with Gasteiger partial charge in [-0.3, -0.25) is 19.8 Å². The molecule has 1 N–H and O–H groups in total. The molecule has 0 spiro atoms. The van der Waals surface area contributed by atoms with Crippen molar-refractivity contribution in [2.24, 2.45) is 0 Å². The molecule has 0 aromatic heterocycles. The zero-order valence-corrected chi connectivity index (χ0v) is 24.1. The lowest BCUT2D eigenvalue weighted by molar-refractivity contribution is -0.122. The van der Waals surface area contributed by atoms with E-state index in [-0.39, 0.29) is 43.8 Å². The van der Waals surface area contributed by atoms with Crippen LogP contribution in [0.3, 0.4) is 0 Å². The summed E-state index contributed by atoms with van der Waals surface area (Å²) in [6.07, 6.45) is 1.37. The van der Waals surface area contributed by atoms with Gasteiger partial charge < -0.3 is 9.47 Å². The quantitative estimate of drug-likeness (QED) is 0.164. The summed E-state index contributed by atoms with van der Waals surface area (Å²) >= 11 is 36.4. The Hall–Kier alpha value is -2.52. The van der Waals surface area contributed by atoms with Crippen molar-refractivity contribution in [3.63, 3.8) is 0 Å². The van der Waals surface area contributed by atoms with Gasteiger partial charge in [-0.2, -0.15) is 0 Å². The molecule has 0 atom stereocenters. The summed E-state index contributed by atoms with van der Waals surface area (Å²) in [7, 11) is 0. The van der Waals surface area contributed by atoms with E-state index in [9.17, 15) is 9.59 Å². The maximum absolute atomic E-state index is 13.4. The second kappa shape index (κ2) is 12.1. The molecule has 0 aliphatic carbocycles. The van der Waals surface area contributed by atoms with E-state index in [4.69, 9.17) is 79.7 Å². The van der Waals surface area contributed by atoms with Crippen LogP contribution in [0.4, 0.5) is 5.69 Å². The van der Waals surface area contributed by atoms with Gasteiger partial charge in [-0.05, 0) is 67.2 Å². The summed E-state index contributed by atoms with van der Waals surface area (Å²) in [6, 6.07) is 12.9. The van der Waals surface area contributed by atoms with Crippen LogP contribution < -0.4 is 19.7 Å². The highest BCUT2D eigenvalue weighted by Crippen LogP contribution is 2.39. The monoisotopic (exact) mass is 628 g/mol. The Kier molecular flexibility index (Phi) is 9.08. The van der Waals surface area contributed by atoms with Crippen LogP contribution in [0, 0.1) is 0 Å². The smallest absolute Gasteiger partial charge is 0.270 e. The van der Waals surface area contributed by atoms with Crippen molar-refractivity contribution in [3.8, 4) is 11.5 Å². The predicted molar refractivity (Wildman–Crippen MR) is 156 cm³/mol. The number of hydrogen-bond acceptors (Lipinski definition) is 5. The number of ether oxygens (including phenoxy) is 2. The highest BCUT2D eigenvalue weighted by atomic mass is 35.5. The minimum absolute atomic E-state index is 0.101. The summed E-state index contributed by atoms with van der Waals surface area (Å²) in [5.41, 5.74) is 1.15. The lowest BCUT2D eigenvalue weighted by Gasteiger charge is -2.29. The molecular formula is C26H17Cl5N2O4S. The fourth-order valence-electron chi connectivity index (χ4n) is 3.57. The van der Waals surface area contributed by atoms with Gasteiger partial charge in [-0.25, -0.2) is 0 Å². The Morgan fingerprint density at radius 1 is 0.947 bits per heavy atom. The van der Waals surface area contributed by atoms with Gasteiger partial charge in [0.1, 0.15) is 12.2 Å². The first kappa shape index (κ1) is 28.5. The molecule has 1 saturated heterocycles. The van der Waals surface area contributed by atoms with Crippen molar-refractivity contribution < 1.29 is 19.1 Å². The Morgan fingerprint density at radius 3 is 2.42 bits per heavy atom. The molecule has 2 amide bonds. The lowest BCUT2D eigenvalue weighted by atomic mass is 10.1. The van der Waals surface area contributed by atoms with Gasteiger partial charge in [0.05, 0.1) is 27.4 Å². The van der Waals surface area contributed by atoms with Gasteiger partial charge in [0, 0.05) is 15.6 Å². The van der Waals surface area contributed by atoms with Crippen LogP contribution in [0.25, 0.3) is 6.08 Å². The molecule has 0 bridgehead atoms. The van der Waals surface area contributed by atoms with Gasteiger partial charge in [0.2, 0.25) is 0 Å². The standard InChI is InChI=1S/C26H17Cl5N2O4S/c1-2-36-21-10-13(9-19(30)23(21)37-12-14-6-7-15(27)11-18(14)29)8-16-24(34)32-26(38)33(25(16)35)20-5-3-4-17(28)22(20)31/h3-11H,2,12H2,1H3,(H,32,34,38)/b16-8+. The Balaban J connectivity index is 1.68. The van der Waals surface area contributed by atoms with Crippen molar-refractivity contribution in [3.05, 3.63) is 90.3 Å². The number of nitrogens with zero attached hydrogens (tertiary/aromatic N) is 1. The normalized spacial score (nSPS) is 14.6. The molecule has 12 heteroatoms. The van der Waals surface area contributed by atoms with Crippen molar-refractivity contribution in [1.29, 1.82) is 0 Å². The van der Waals surface area contributed by atoms with Gasteiger partial charge in [-0.15, -0.1) is 0 Å². The molecule has 1 aliphatic rings. The van der Waals surface area contributed by atoms with Gasteiger partial charge >= 0.3 is 0 Å². The number of amides is 2. The Morgan fingerprint density at radius 2 is 1.71 bits per heavy atom. The van der Waals surface area contributed by atoms with Gasteiger partial charge in [0.25, 0.3) is 11.8 Å². The second-order valence-electron chi connectivity index (χ2n) is 7.82. The first-order valence-corrected chi connectivity index (χ1v) is 13.3.